The van der Waals surface area contributed by atoms with Crippen molar-refractivity contribution in [1.82, 2.24) is 9.47 Å². The van der Waals surface area contributed by atoms with E-state index in [1.165, 1.54) is 18.9 Å². The molecule has 2 aromatic carbocycles. The van der Waals surface area contributed by atoms with Crippen LogP contribution in [0.15, 0.2) is 64.5 Å². The van der Waals surface area contributed by atoms with Crippen molar-refractivity contribution in [3.05, 3.63) is 82.0 Å². The maximum atomic E-state index is 13.2. The molecule has 8 heteroatoms. The quantitative estimate of drug-likeness (QED) is 0.337. The monoisotopic (exact) mass is 489 g/mol. The standard InChI is InChI=1S/C27H27N3O4S/c1-6-29-25(31)24(35-27(29)28-20-11-13-21(33-4)14-12-20)16-19-15-17(2)30(18(19)3)23-10-8-7-9-22(23)26(32)34-5/h7-16H,6H2,1-5H3/b24-16+,28-27?. The fraction of sp³-hybridized carbons (Fsp3) is 0.222. The highest BCUT2D eigenvalue weighted by atomic mass is 32.2. The van der Waals surface area contributed by atoms with Crippen LogP contribution >= 0.6 is 11.8 Å². The Morgan fingerprint density at radius 2 is 1.80 bits per heavy atom. The number of amides is 1. The maximum absolute atomic E-state index is 13.2. The van der Waals surface area contributed by atoms with Gasteiger partial charge >= 0.3 is 5.97 Å². The van der Waals surface area contributed by atoms with Gasteiger partial charge < -0.3 is 14.0 Å². The van der Waals surface area contributed by atoms with E-state index in [4.69, 9.17) is 14.5 Å². The first kappa shape index (κ1) is 24.3. The molecule has 2 heterocycles. The summed E-state index contributed by atoms with van der Waals surface area (Å²) in [6.07, 6.45) is 1.89. The number of hydrogen-bond acceptors (Lipinski definition) is 6. The topological polar surface area (TPSA) is 73.1 Å². The summed E-state index contributed by atoms with van der Waals surface area (Å²) in [4.78, 5) is 32.5. The van der Waals surface area contributed by atoms with Crippen molar-refractivity contribution in [2.45, 2.75) is 20.8 Å². The lowest BCUT2D eigenvalue weighted by atomic mass is 10.1. The highest BCUT2D eigenvalue weighted by Crippen LogP contribution is 2.35. The number of aryl methyl sites for hydroxylation is 1. The van der Waals surface area contributed by atoms with Gasteiger partial charge in [-0.15, -0.1) is 0 Å². The number of methoxy groups -OCH3 is 2. The number of carbonyl (C=O) groups excluding carboxylic acids is 2. The number of likely N-dealkylation sites (N-methyl/N-ethyl adjacent to an activating group) is 1. The number of rotatable bonds is 6. The van der Waals surface area contributed by atoms with E-state index in [-0.39, 0.29) is 5.91 Å². The van der Waals surface area contributed by atoms with Gasteiger partial charge in [-0.25, -0.2) is 9.79 Å². The third-order valence-electron chi connectivity index (χ3n) is 5.81. The summed E-state index contributed by atoms with van der Waals surface area (Å²) in [5.41, 5.74) is 4.73. The fourth-order valence-corrected chi connectivity index (χ4v) is 5.09. The van der Waals surface area contributed by atoms with E-state index in [1.54, 1.807) is 18.1 Å². The molecule has 7 nitrogen and oxygen atoms in total. The highest BCUT2D eigenvalue weighted by molar-refractivity contribution is 8.18. The molecule has 0 radical (unpaired) electrons. The van der Waals surface area contributed by atoms with Gasteiger partial charge in [0.1, 0.15) is 5.75 Å². The van der Waals surface area contributed by atoms with Gasteiger partial charge in [-0.05, 0) is 86.6 Å². The number of amidine groups is 1. The van der Waals surface area contributed by atoms with Crippen molar-refractivity contribution in [3.8, 4) is 11.4 Å². The number of esters is 1. The fourth-order valence-electron chi connectivity index (χ4n) is 4.03. The van der Waals surface area contributed by atoms with Crippen LogP contribution in [0.2, 0.25) is 0 Å². The molecule has 0 bridgehead atoms. The second kappa shape index (κ2) is 10.2. The molecule has 0 atom stereocenters. The number of ether oxygens (including phenoxy) is 2. The zero-order valence-corrected chi connectivity index (χ0v) is 21.2. The Labute approximate surface area is 209 Å². The van der Waals surface area contributed by atoms with Crippen LogP contribution in [0.1, 0.15) is 34.2 Å². The Bertz CT molecular complexity index is 1340. The van der Waals surface area contributed by atoms with Crippen molar-refractivity contribution in [2.75, 3.05) is 20.8 Å². The second-order valence-electron chi connectivity index (χ2n) is 7.92. The molecular weight excluding hydrogens is 462 g/mol. The van der Waals surface area contributed by atoms with Gasteiger partial charge in [0, 0.05) is 17.9 Å². The van der Waals surface area contributed by atoms with E-state index < -0.39 is 5.97 Å². The van der Waals surface area contributed by atoms with Crippen LogP contribution in [-0.4, -0.2) is 47.3 Å². The molecule has 4 rings (SSSR count). The van der Waals surface area contributed by atoms with Crippen molar-refractivity contribution in [2.24, 2.45) is 4.99 Å². The number of thioether (sulfide) groups is 1. The molecular formula is C27H27N3O4S. The largest absolute Gasteiger partial charge is 0.497 e. The molecule has 0 aliphatic carbocycles. The number of carbonyl (C=O) groups is 2. The summed E-state index contributed by atoms with van der Waals surface area (Å²) < 4.78 is 12.2. The average molecular weight is 490 g/mol. The summed E-state index contributed by atoms with van der Waals surface area (Å²) in [5, 5.41) is 0.638. The summed E-state index contributed by atoms with van der Waals surface area (Å²) >= 11 is 1.36. The number of aliphatic imine (C=N–C) groups is 1. The van der Waals surface area contributed by atoms with E-state index in [1.807, 2.05) is 79.9 Å². The van der Waals surface area contributed by atoms with Gasteiger partial charge in [0.05, 0.1) is 36.1 Å². The predicted molar refractivity (Wildman–Crippen MR) is 140 cm³/mol. The third-order valence-corrected chi connectivity index (χ3v) is 6.82. The van der Waals surface area contributed by atoms with Gasteiger partial charge in [-0.1, -0.05) is 12.1 Å². The van der Waals surface area contributed by atoms with Crippen LogP contribution < -0.4 is 4.74 Å². The number of nitrogens with zero attached hydrogens (tertiary/aromatic N) is 3. The van der Waals surface area contributed by atoms with Crippen molar-refractivity contribution >= 4 is 40.6 Å². The summed E-state index contributed by atoms with van der Waals surface area (Å²) in [5.74, 6) is 0.276. The molecule has 1 fully saturated rings. The average Bonchev–Trinajstić information content (AvgIpc) is 3.32. The normalized spacial score (nSPS) is 15.8. The van der Waals surface area contributed by atoms with Crippen LogP contribution in [0.3, 0.4) is 0 Å². The minimum absolute atomic E-state index is 0.0791. The molecule has 3 aromatic rings. The Kier molecular flexibility index (Phi) is 7.12. The lowest BCUT2D eigenvalue weighted by Crippen LogP contribution is -2.28. The molecule has 180 valence electrons. The minimum Gasteiger partial charge on any atom is -0.497 e. The third kappa shape index (κ3) is 4.74. The van der Waals surface area contributed by atoms with Crippen LogP contribution in [0, 0.1) is 13.8 Å². The number of benzene rings is 2. The van der Waals surface area contributed by atoms with E-state index in [2.05, 4.69) is 0 Å². The van der Waals surface area contributed by atoms with Gasteiger partial charge in [-0.2, -0.15) is 0 Å². The Balaban J connectivity index is 1.71. The molecule has 1 aromatic heterocycles. The molecule has 0 saturated carbocycles. The van der Waals surface area contributed by atoms with E-state index >= 15 is 0 Å². The van der Waals surface area contributed by atoms with Crippen LogP contribution in [0.5, 0.6) is 5.75 Å². The van der Waals surface area contributed by atoms with E-state index in [0.717, 1.165) is 34.1 Å². The van der Waals surface area contributed by atoms with Gasteiger partial charge in [0.15, 0.2) is 5.17 Å². The zero-order valence-electron chi connectivity index (χ0n) is 20.4. The molecule has 1 aliphatic rings. The summed E-state index contributed by atoms with van der Waals surface area (Å²) in [6.45, 7) is 6.40. The van der Waals surface area contributed by atoms with E-state index in [9.17, 15) is 9.59 Å². The maximum Gasteiger partial charge on any atom is 0.339 e. The first-order valence-corrected chi connectivity index (χ1v) is 12.0. The SMILES string of the molecule is CCN1C(=O)/C(=C\c2cc(C)n(-c3ccccc3C(=O)OC)c2C)SC1=Nc1ccc(OC)cc1. The van der Waals surface area contributed by atoms with E-state index in [0.29, 0.717) is 22.2 Å². The zero-order chi connectivity index (χ0) is 25.1. The lowest BCUT2D eigenvalue weighted by molar-refractivity contribution is -0.122. The molecule has 1 aliphatic heterocycles. The molecule has 0 unspecified atom stereocenters. The molecule has 35 heavy (non-hydrogen) atoms. The lowest BCUT2D eigenvalue weighted by Gasteiger charge is -2.13. The summed E-state index contributed by atoms with van der Waals surface area (Å²) in [6, 6.07) is 16.7. The van der Waals surface area contributed by atoms with Gasteiger partial charge in [0.2, 0.25) is 0 Å². The van der Waals surface area contributed by atoms with Crippen LogP contribution in [-0.2, 0) is 9.53 Å². The Morgan fingerprint density at radius 1 is 1.09 bits per heavy atom. The van der Waals surface area contributed by atoms with Crippen molar-refractivity contribution < 1.29 is 19.1 Å². The predicted octanol–water partition coefficient (Wildman–Crippen LogP) is 5.51. The smallest absolute Gasteiger partial charge is 0.339 e. The molecule has 1 saturated heterocycles. The first-order valence-electron chi connectivity index (χ1n) is 11.2. The minimum atomic E-state index is -0.396. The molecule has 0 N–H and O–H groups in total. The Morgan fingerprint density at radius 3 is 2.46 bits per heavy atom. The van der Waals surface area contributed by atoms with Gasteiger partial charge in [0.25, 0.3) is 5.91 Å². The second-order valence-corrected chi connectivity index (χ2v) is 8.93. The summed E-state index contributed by atoms with van der Waals surface area (Å²) in [7, 11) is 2.99. The van der Waals surface area contributed by atoms with Gasteiger partial charge in [-0.3, -0.25) is 9.69 Å². The highest BCUT2D eigenvalue weighted by Gasteiger charge is 2.32. The number of aromatic nitrogens is 1. The van der Waals surface area contributed by atoms with Crippen LogP contribution in [0.4, 0.5) is 5.69 Å². The number of para-hydroxylation sites is 1. The Hall–Kier alpha value is -3.78. The first-order chi connectivity index (χ1) is 16.9. The number of hydrogen-bond donors (Lipinski definition) is 0. The van der Waals surface area contributed by atoms with Crippen molar-refractivity contribution in [1.29, 1.82) is 0 Å². The van der Waals surface area contributed by atoms with Crippen LogP contribution in [0.25, 0.3) is 11.8 Å². The molecule has 0 spiro atoms. The van der Waals surface area contributed by atoms with Crippen molar-refractivity contribution in [3.63, 3.8) is 0 Å². The molecule has 1 amide bonds.